The van der Waals surface area contributed by atoms with E-state index in [9.17, 15) is 13.9 Å². The molecule has 21 heavy (non-hydrogen) atoms. The van der Waals surface area contributed by atoms with Crippen LogP contribution in [0.2, 0.25) is 0 Å². The molecular weight excluding hydrogens is 274 g/mol. The molecular formula is C17H18F2O2. The Morgan fingerprint density at radius 3 is 2.29 bits per heavy atom. The van der Waals surface area contributed by atoms with E-state index in [2.05, 4.69) is 0 Å². The minimum atomic E-state index is -1.12. The van der Waals surface area contributed by atoms with Gasteiger partial charge >= 0.3 is 0 Å². The second-order valence-electron chi connectivity index (χ2n) is 5.43. The highest BCUT2D eigenvalue weighted by Crippen LogP contribution is 2.22. The Morgan fingerprint density at radius 2 is 1.71 bits per heavy atom. The van der Waals surface area contributed by atoms with Crippen LogP contribution in [-0.4, -0.2) is 17.8 Å². The number of hydrogen-bond acceptors (Lipinski definition) is 2. The van der Waals surface area contributed by atoms with Crippen molar-refractivity contribution in [1.82, 2.24) is 0 Å². The van der Waals surface area contributed by atoms with Crippen molar-refractivity contribution in [1.29, 1.82) is 0 Å². The van der Waals surface area contributed by atoms with Crippen molar-refractivity contribution in [3.63, 3.8) is 0 Å². The van der Waals surface area contributed by atoms with Crippen LogP contribution in [0, 0.1) is 11.6 Å². The highest BCUT2D eigenvalue weighted by atomic mass is 19.1. The summed E-state index contributed by atoms with van der Waals surface area (Å²) in [7, 11) is 1.59. The third kappa shape index (κ3) is 4.26. The maximum absolute atomic E-state index is 13.7. The summed E-state index contributed by atoms with van der Waals surface area (Å²) in [5.41, 5.74) is 0.103. The van der Waals surface area contributed by atoms with E-state index in [1.807, 2.05) is 24.3 Å². The van der Waals surface area contributed by atoms with Crippen molar-refractivity contribution in [3.05, 3.63) is 65.2 Å². The summed E-state index contributed by atoms with van der Waals surface area (Å²) < 4.78 is 31.6. The van der Waals surface area contributed by atoms with E-state index in [1.165, 1.54) is 12.1 Å². The standard InChI is InChI=1S/C17H18F2O2/c1-17(20,10-12-3-7-15(21-2)8-4-12)11-13-5-6-14(18)9-16(13)19/h3-9,20H,10-11H2,1-2H3. The van der Waals surface area contributed by atoms with Crippen molar-refractivity contribution >= 4 is 0 Å². The normalized spacial score (nSPS) is 13.8. The zero-order chi connectivity index (χ0) is 15.5. The first-order valence-corrected chi connectivity index (χ1v) is 6.69. The Balaban J connectivity index is 2.10. The number of benzene rings is 2. The molecule has 0 amide bonds. The summed E-state index contributed by atoms with van der Waals surface area (Å²) in [5.74, 6) is -0.515. The lowest BCUT2D eigenvalue weighted by atomic mass is 9.89. The summed E-state index contributed by atoms with van der Waals surface area (Å²) in [6.07, 6.45) is 0.485. The Hall–Kier alpha value is -1.94. The third-order valence-corrected chi connectivity index (χ3v) is 3.33. The molecule has 1 unspecified atom stereocenters. The molecule has 2 aromatic rings. The Bertz CT molecular complexity index is 607. The van der Waals surface area contributed by atoms with Gasteiger partial charge in [-0.2, -0.15) is 0 Å². The van der Waals surface area contributed by atoms with Gasteiger partial charge in [0.15, 0.2) is 0 Å². The van der Waals surface area contributed by atoms with Crippen LogP contribution < -0.4 is 4.74 Å². The fraction of sp³-hybridized carbons (Fsp3) is 0.294. The van der Waals surface area contributed by atoms with Crippen molar-refractivity contribution < 1.29 is 18.6 Å². The third-order valence-electron chi connectivity index (χ3n) is 3.33. The molecule has 2 nitrogen and oxygen atoms in total. The summed E-state index contributed by atoms with van der Waals surface area (Å²) in [5, 5.41) is 10.4. The molecule has 0 aromatic heterocycles. The van der Waals surface area contributed by atoms with Gasteiger partial charge in [0.1, 0.15) is 17.4 Å². The zero-order valence-electron chi connectivity index (χ0n) is 12.1. The van der Waals surface area contributed by atoms with Crippen molar-refractivity contribution in [3.8, 4) is 5.75 Å². The highest BCUT2D eigenvalue weighted by molar-refractivity contribution is 5.29. The number of hydrogen-bond donors (Lipinski definition) is 1. The molecule has 1 atom stereocenters. The number of aliphatic hydroxyl groups is 1. The fourth-order valence-electron chi connectivity index (χ4n) is 2.32. The van der Waals surface area contributed by atoms with Crippen LogP contribution in [-0.2, 0) is 12.8 Å². The minimum Gasteiger partial charge on any atom is -0.497 e. The van der Waals surface area contributed by atoms with E-state index < -0.39 is 17.2 Å². The van der Waals surface area contributed by atoms with E-state index in [1.54, 1.807) is 14.0 Å². The maximum Gasteiger partial charge on any atom is 0.129 e. The SMILES string of the molecule is COc1ccc(CC(C)(O)Cc2ccc(F)cc2F)cc1. The van der Waals surface area contributed by atoms with Gasteiger partial charge in [0.05, 0.1) is 12.7 Å². The lowest BCUT2D eigenvalue weighted by molar-refractivity contribution is 0.0599. The Morgan fingerprint density at radius 1 is 1.05 bits per heavy atom. The molecule has 2 aromatic carbocycles. The van der Waals surface area contributed by atoms with Gasteiger partial charge in [-0.05, 0) is 36.2 Å². The predicted molar refractivity (Wildman–Crippen MR) is 77.4 cm³/mol. The molecule has 112 valence electrons. The van der Waals surface area contributed by atoms with Gasteiger partial charge in [-0.25, -0.2) is 8.78 Å². The molecule has 0 heterocycles. The van der Waals surface area contributed by atoms with Gasteiger partial charge in [-0.15, -0.1) is 0 Å². The molecule has 0 saturated carbocycles. The van der Waals surface area contributed by atoms with Gasteiger partial charge in [-0.1, -0.05) is 18.2 Å². The first kappa shape index (κ1) is 15.4. The highest BCUT2D eigenvalue weighted by Gasteiger charge is 2.23. The Kier molecular flexibility index (Phi) is 4.58. The van der Waals surface area contributed by atoms with Crippen LogP contribution >= 0.6 is 0 Å². The largest absolute Gasteiger partial charge is 0.497 e. The Labute approximate surface area is 123 Å². The average Bonchev–Trinajstić information content (AvgIpc) is 2.42. The molecule has 4 heteroatoms. The first-order valence-electron chi connectivity index (χ1n) is 6.69. The van der Waals surface area contributed by atoms with Crippen LogP contribution in [0.25, 0.3) is 0 Å². The lowest BCUT2D eigenvalue weighted by Crippen LogP contribution is -2.30. The fourth-order valence-corrected chi connectivity index (χ4v) is 2.32. The smallest absolute Gasteiger partial charge is 0.129 e. The lowest BCUT2D eigenvalue weighted by Gasteiger charge is -2.24. The second-order valence-corrected chi connectivity index (χ2v) is 5.43. The van der Waals surface area contributed by atoms with Crippen LogP contribution in [0.3, 0.4) is 0 Å². The van der Waals surface area contributed by atoms with Gasteiger partial charge in [0.25, 0.3) is 0 Å². The van der Waals surface area contributed by atoms with E-state index in [0.29, 0.717) is 12.0 Å². The van der Waals surface area contributed by atoms with Crippen LogP contribution in [0.15, 0.2) is 42.5 Å². The molecule has 2 rings (SSSR count). The molecule has 0 aliphatic heterocycles. The molecule has 0 aliphatic carbocycles. The molecule has 1 N–H and O–H groups in total. The van der Waals surface area contributed by atoms with Crippen molar-refractivity contribution in [2.45, 2.75) is 25.4 Å². The summed E-state index contributed by atoms with van der Waals surface area (Å²) >= 11 is 0. The van der Waals surface area contributed by atoms with Crippen LogP contribution in [0.5, 0.6) is 5.75 Å². The number of halogens is 2. The summed E-state index contributed by atoms with van der Waals surface area (Å²) in [6.45, 7) is 1.64. The summed E-state index contributed by atoms with van der Waals surface area (Å²) in [6, 6.07) is 10.7. The van der Waals surface area contributed by atoms with Gasteiger partial charge in [-0.3, -0.25) is 0 Å². The molecule has 0 bridgehead atoms. The summed E-state index contributed by atoms with van der Waals surface area (Å²) in [4.78, 5) is 0. The average molecular weight is 292 g/mol. The van der Waals surface area contributed by atoms with E-state index >= 15 is 0 Å². The van der Waals surface area contributed by atoms with Gasteiger partial charge in [0, 0.05) is 18.9 Å². The maximum atomic E-state index is 13.7. The van der Waals surface area contributed by atoms with Crippen LogP contribution in [0.1, 0.15) is 18.1 Å². The predicted octanol–water partition coefficient (Wildman–Crippen LogP) is 3.51. The van der Waals surface area contributed by atoms with E-state index in [0.717, 1.165) is 17.4 Å². The zero-order valence-corrected chi connectivity index (χ0v) is 12.1. The molecule has 0 aliphatic rings. The van der Waals surface area contributed by atoms with Crippen LogP contribution in [0.4, 0.5) is 8.78 Å². The first-order chi connectivity index (χ1) is 9.89. The molecule has 0 saturated heterocycles. The van der Waals surface area contributed by atoms with E-state index in [4.69, 9.17) is 4.74 Å². The number of methoxy groups -OCH3 is 1. The van der Waals surface area contributed by atoms with Crippen molar-refractivity contribution in [2.75, 3.05) is 7.11 Å². The molecule has 0 fully saturated rings. The number of ether oxygens (including phenoxy) is 1. The minimum absolute atomic E-state index is 0.116. The molecule has 0 spiro atoms. The second kappa shape index (κ2) is 6.22. The van der Waals surface area contributed by atoms with Gasteiger partial charge < -0.3 is 9.84 Å². The molecule has 0 radical (unpaired) electrons. The number of rotatable bonds is 5. The van der Waals surface area contributed by atoms with Crippen molar-refractivity contribution in [2.24, 2.45) is 0 Å². The van der Waals surface area contributed by atoms with E-state index in [-0.39, 0.29) is 6.42 Å². The quantitative estimate of drug-likeness (QED) is 0.914. The topological polar surface area (TPSA) is 29.5 Å². The van der Waals surface area contributed by atoms with Gasteiger partial charge in [0.2, 0.25) is 0 Å². The monoisotopic (exact) mass is 292 g/mol.